The molecule has 0 radical (unpaired) electrons. The first-order chi connectivity index (χ1) is 8.88. The van der Waals surface area contributed by atoms with Crippen molar-refractivity contribution in [1.82, 2.24) is 14.8 Å². The van der Waals surface area contributed by atoms with E-state index in [2.05, 4.69) is 31.4 Å². The number of rotatable bonds is 3. The van der Waals surface area contributed by atoms with Crippen LogP contribution in [-0.4, -0.2) is 14.8 Å². The van der Waals surface area contributed by atoms with E-state index in [0.29, 0.717) is 10.3 Å². The molecule has 0 unspecified atom stereocenters. The third kappa shape index (κ3) is 3.25. The van der Waals surface area contributed by atoms with E-state index < -0.39 is 11.7 Å². The predicted octanol–water partition coefficient (Wildman–Crippen LogP) is 3.21. The number of benzene rings is 1. The lowest BCUT2D eigenvalue weighted by molar-refractivity contribution is -0.137. The largest absolute Gasteiger partial charge is 0.418 e. The van der Waals surface area contributed by atoms with E-state index in [0.717, 1.165) is 6.07 Å². The van der Waals surface area contributed by atoms with E-state index in [9.17, 15) is 13.2 Å². The monoisotopic (exact) mass is 334 g/mol. The van der Waals surface area contributed by atoms with Gasteiger partial charge in [-0.1, -0.05) is 15.9 Å². The Kier molecular flexibility index (Phi) is 3.79. The lowest BCUT2D eigenvalue weighted by Gasteiger charge is -2.14. The Bertz CT molecular complexity index is 580. The fourth-order valence-electron chi connectivity index (χ4n) is 1.55. The molecule has 19 heavy (non-hydrogen) atoms. The molecular weight excluding hydrogens is 325 g/mol. The third-order valence-electron chi connectivity index (χ3n) is 2.53. The zero-order valence-corrected chi connectivity index (χ0v) is 11.5. The van der Waals surface area contributed by atoms with Gasteiger partial charge in [-0.3, -0.25) is 0 Å². The van der Waals surface area contributed by atoms with Crippen LogP contribution >= 0.6 is 15.9 Å². The minimum absolute atomic E-state index is 0.0127. The Balaban J connectivity index is 2.23. The number of hydrogen-bond donors (Lipinski definition) is 1. The molecule has 102 valence electrons. The normalized spacial score (nSPS) is 11.6. The third-order valence-corrected chi connectivity index (χ3v) is 3.02. The molecule has 2 rings (SSSR count). The van der Waals surface area contributed by atoms with Gasteiger partial charge in [0, 0.05) is 17.2 Å². The van der Waals surface area contributed by atoms with Crippen molar-refractivity contribution >= 4 is 21.6 Å². The summed E-state index contributed by atoms with van der Waals surface area (Å²) in [6.07, 6.45) is -2.92. The molecule has 0 saturated carbocycles. The second kappa shape index (κ2) is 5.20. The van der Waals surface area contributed by atoms with E-state index in [4.69, 9.17) is 0 Å². The number of aryl methyl sites for hydroxylation is 1. The smallest absolute Gasteiger partial charge is 0.377 e. The molecule has 0 amide bonds. The molecular formula is C11H10BrF3N4. The highest BCUT2D eigenvalue weighted by atomic mass is 79.9. The molecule has 4 nitrogen and oxygen atoms in total. The van der Waals surface area contributed by atoms with E-state index in [1.807, 2.05) is 0 Å². The SMILES string of the molecule is Cn1cnnc1CNc1ccc(Br)cc1C(F)(F)F. The molecule has 0 aliphatic carbocycles. The minimum Gasteiger partial charge on any atom is -0.377 e. The quantitative estimate of drug-likeness (QED) is 0.937. The van der Waals surface area contributed by atoms with E-state index in [1.165, 1.54) is 12.4 Å². The summed E-state index contributed by atoms with van der Waals surface area (Å²) in [6.45, 7) is 0.168. The van der Waals surface area contributed by atoms with E-state index in [1.54, 1.807) is 17.7 Å². The van der Waals surface area contributed by atoms with Gasteiger partial charge in [-0.05, 0) is 18.2 Å². The van der Waals surface area contributed by atoms with E-state index >= 15 is 0 Å². The van der Waals surface area contributed by atoms with Crippen LogP contribution < -0.4 is 5.32 Å². The van der Waals surface area contributed by atoms with Gasteiger partial charge >= 0.3 is 6.18 Å². The first-order valence-corrected chi connectivity index (χ1v) is 6.10. The topological polar surface area (TPSA) is 42.7 Å². The molecule has 1 heterocycles. The van der Waals surface area contributed by atoms with Crippen LogP contribution in [0.15, 0.2) is 29.0 Å². The maximum atomic E-state index is 12.9. The number of alkyl halides is 3. The van der Waals surface area contributed by atoms with Crippen LogP contribution in [0.3, 0.4) is 0 Å². The van der Waals surface area contributed by atoms with Crippen LogP contribution in [0.25, 0.3) is 0 Å². The van der Waals surface area contributed by atoms with Crippen molar-refractivity contribution in [1.29, 1.82) is 0 Å². The molecule has 0 bridgehead atoms. The maximum absolute atomic E-state index is 12.9. The number of halogens is 4. The standard InChI is InChI=1S/C11H10BrF3N4/c1-19-6-17-18-10(19)5-16-9-3-2-7(12)4-8(9)11(13,14)15/h2-4,6,16H,5H2,1H3. The average molecular weight is 335 g/mol. The van der Waals surface area contributed by atoms with Gasteiger partial charge in [-0.25, -0.2) is 0 Å². The van der Waals surface area contributed by atoms with Crippen LogP contribution in [0.5, 0.6) is 0 Å². The van der Waals surface area contributed by atoms with Gasteiger partial charge in [0.15, 0.2) is 5.82 Å². The van der Waals surface area contributed by atoms with Crippen molar-refractivity contribution in [2.45, 2.75) is 12.7 Å². The van der Waals surface area contributed by atoms with Crippen LogP contribution in [0, 0.1) is 0 Å². The van der Waals surface area contributed by atoms with Gasteiger partial charge in [-0.2, -0.15) is 13.2 Å². The first kappa shape index (κ1) is 13.9. The van der Waals surface area contributed by atoms with Gasteiger partial charge in [-0.15, -0.1) is 10.2 Å². The highest BCUT2D eigenvalue weighted by Gasteiger charge is 2.33. The highest BCUT2D eigenvalue weighted by Crippen LogP contribution is 2.36. The van der Waals surface area contributed by atoms with Gasteiger partial charge < -0.3 is 9.88 Å². The maximum Gasteiger partial charge on any atom is 0.418 e. The summed E-state index contributed by atoms with van der Waals surface area (Å²) >= 11 is 3.04. The predicted molar refractivity (Wildman–Crippen MR) is 67.5 cm³/mol. The second-order valence-electron chi connectivity index (χ2n) is 3.90. The summed E-state index contributed by atoms with van der Waals surface area (Å²) in [6, 6.07) is 3.97. The zero-order valence-electron chi connectivity index (χ0n) is 9.87. The van der Waals surface area contributed by atoms with Crippen LogP contribution in [-0.2, 0) is 19.8 Å². The summed E-state index contributed by atoms with van der Waals surface area (Å²) in [5.74, 6) is 0.552. The average Bonchev–Trinajstić information content (AvgIpc) is 2.72. The summed E-state index contributed by atoms with van der Waals surface area (Å²) in [5, 5.41) is 10.2. The van der Waals surface area contributed by atoms with Crippen molar-refractivity contribution in [3.05, 3.63) is 40.4 Å². The molecule has 0 atom stereocenters. The van der Waals surface area contributed by atoms with E-state index in [-0.39, 0.29) is 12.2 Å². The Labute approximate surface area is 115 Å². The molecule has 1 aromatic carbocycles. The van der Waals surface area contributed by atoms with Crippen molar-refractivity contribution in [2.24, 2.45) is 7.05 Å². The number of hydrogen-bond acceptors (Lipinski definition) is 3. The Morgan fingerprint density at radius 3 is 2.68 bits per heavy atom. The summed E-state index contributed by atoms with van der Waals surface area (Å²) in [7, 11) is 1.73. The fourth-order valence-corrected chi connectivity index (χ4v) is 1.91. The van der Waals surface area contributed by atoms with Gasteiger partial charge in [0.2, 0.25) is 0 Å². The van der Waals surface area contributed by atoms with Crippen LogP contribution in [0.2, 0.25) is 0 Å². The minimum atomic E-state index is -4.41. The lowest BCUT2D eigenvalue weighted by Crippen LogP contribution is -2.12. The van der Waals surface area contributed by atoms with Crippen LogP contribution in [0.1, 0.15) is 11.4 Å². The summed E-state index contributed by atoms with van der Waals surface area (Å²) < 4.78 is 40.7. The van der Waals surface area contributed by atoms with Crippen molar-refractivity contribution in [2.75, 3.05) is 5.32 Å². The summed E-state index contributed by atoms with van der Waals surface area (Å²) in [5.41, 5.74) is -0.706. The summed E-state index contributed by atoms with van der Waals surface area (Å²) in [4.78, 5) is 0. The van der Waals surface area contributed by atoms with Gasteiger partial charge in [0.05, 0.1) is 12.1 Å². The second-order valence-corrected chi connectivity index (χ2v) is 4.81. The lowest BCUT2D eigenvalue weighted by atomic mass is 10.1. The number of aromatic nitrogens is 3. The highest BCUT2D eigenvalue weighted by molar-refractivity contribution is 9.10. The van der Waals surface area contributed by atoms with Gasteiger partial charge in [0.25, 0.3) is 0 Å². The number of nitrogens with zero attached hydrogens (tertiary/aromatic N) is 3. The van der Waals surface area contributed by atoms with Crippen molar-refractivity contribution < 1.29 is 13.2 Å². The molecule has 8 heteroatoms. The fraction of sp³-hybridized carbons (Fsp3) is 0.273. The van der Waals surface area contributed by atoms with Crippen molar-refractivity contribution in [3.8, 4) is 0 Å². The molecule has 1 aromatic heterocycles. The molecule has 0 aliphatic rings. The Morgan fingerprint density at radius 1 is 1.37 bits per heavy atom. The van der Waals surface area contributed by atoms with Crippen molar-refractivity contribution in [3.63, 3.8) is 0 Å². The zero-order chi connectivity index (χ0) is 14.0. The molecule has 0 aliphatic heterocycles. The molecule has 0 spiro atoms. The number of nitrogens with one attached hydrogen (secondary N) is 1. The Hall–Kier alpha value is -1.57. The number of anilines is 1. The molecule has 0 fully saturated rings. The van der Waals surface area contributed by atoms with Crippen LogP contribution in [0.4, 0.5) is 18.9 Å². The molecule has 0 saturated heterocycles. The Morgan fingerprint density at radius 2 is 2.11 bits per heavy atom. The molecule has 2 aromatic rings. The first-order valence-electron chi connectivity index (χ1n) is 5.31. The van der Waals surface area contributed by atoms with Gasteiger partial charge in [0.1, 0.15) is 6.33 Å². The molecule has 1 N–H and O–H groups in total.